The molecule has 102 valence electrons. The molecule has 1 unspecified atom stereocenters. The molecule has 4 heteroatoms. The number of rotatable bonds is 3. The Labute approximate surface area is 113 Å². The van der Waals surface area contributed by atoms with Crippen molar-refractivity contribution in [3.05, 3.63) is 29.8 Å². The van der Waals surface area contributed by atoms with Crippen molar-refractivity contribution in [3.8, 4) is 0 Å². The molecule has 0 radical (unpaired) electrons. The van der Waals surface area contributed by atoms with Crippen LogP contribution in [0.4, 0.5) is 5.69 Å². The zero-order valence-electron chi connectivity index (χ0n) is 11.5. The van der Waals surface area contributed by atoms with Crippen molar-refractivity contribution in [2.24, 2.45) is 0 Å². The van der Waals surface area contributed by atoms with Crippen LogP contribution in [-0.4, -0.2) is 24.4 Å². The molecule has 19 heavy (non-hydrogen) atoms. The maximum absolute atomic E-state index is 12.4. The van der Waals surface area contributed by atoms with Crippen LogP contribution >= 0.6 is 0 Å². The molecule has 4 nitrogen and oxygen atoms in total. The molecule has 0 spiro atoms. The molecule has 1 heterocycles. The maximum Gasteiger partial charge on any atom is 0.249 e. The SMILES string of the molecule is CCc1cccc(N2CCC(=O)NC(CC)C2=O)c1. The summed E-state index contributed by atoms with van der Waals surface area (Å²) < 4.78 is 0. The minimum absolute atomic E-state index is 0.0124. The highest BCUT2D eigenvalue weighted by molar-refractivity contribution is 6.01. The second-order valence-corrected chi connectivity index (χ2v) is 4.79. The molecule has 0 bridgehead atoms. The zero-order chi connectivity index (χ0) is 13.8. The molecule has 0 aliphatic carbocycles. The fourth-order valence-electron chi connectivity index (χ4n) is 2.32. The van der Waals surface area contributed by atoms with Crippen molar-refractivity contribution in [1.82, 2.24) is 5.32 Å². The summed E-state index contributed by atoms with van der Waals surface area (Å²) in [7, 11) is 0. The van der Waals surface area contributed by atoms with Crippen molar-refractivity contribution in [2.45, 2.75) is 39.2 Å². The van der Waals surface area contributed by atoms with E-state index in [1.807, 2.05) is 31.2 Å². The van der Waals surface area contributed by atoms with E-state index in [0.717, 1.165) is 12.1 Å². The molecular formula is C15H20N2O2. The Morgan fingerprint density at radius 1 is 1.32 bits per heavy atom. The van der Waals surface area contributed by atoms with E-state index < -0.39 is 6.04 Å². The average molecular weight is 260 g/mol. The largest absolute Gasteiger partial charge is 0.344 e. The van der Waals surface area contributed by atoms with Gasteiger partial charge in [-0.15, -0.1) is 0 Å². The van der Waals surface area contributed by atoms with Gasteiger partial charge in [-0.2, -0.15) is 0 Å². The molecule has 1 fully saturated rings. The van der Waals surface area contributed by atoms with Gasteiger partial charge in [-0.05, 0) is 30.5 Å². The first-order chi connectivity index (χ1) is 9.15. The minimum atomic E-state index is -0.403. The molecule has 1 aliphatic heterocycles. The summed E-state index contributed by atoms with van der Waals surface area (Å²) >= 11 is 0. The second-order valence-electron chi connectivity index (χ2n) is 4.79. The molecule has 0 aromatic heterocycles. The lowest BCUT2D eigenvalue weighted by Gasteiger charge is -2.24. The number of carbonyl (C=O) groups excluding carboxylic acids is 2. The van der Waals surface area contributed by atoms with Gasteiger partial charge in [0.05, 0.1) is 0 Å². The Bertz CT molecular complexity index is 485. The number of anilines is 1. The lowest BCUT2D eigenvalue weighted by atomic mass is 10.1. The number of amides is 2. The summed E-state index contributed by atoms with van der Waals surface area (Å²) in [4.78, 5) is 25.8. The molecule has 1 N–H and O–H groups in total. The van der Waals surface area contributed by atoms with Crippen molar-refractivity contribution < 1.29 is 9.59 Å². The van der Waals surface area contributed by atoms with Crippen molar-refractivity contribution in [2.75, 3.05) is 11.4 Å². The van der Waals surface area contributed by atoms with Gasteiger partial charge in [-0.25, -0.2) is 0 Å². The molecule has 1 saturated heterocycles. The third-order valence-corrected chi connectivity index (χ3v) is 3.50. The number of carbonyl (C=O) groups is 2. The van der Waals surface area contributed by atoms with E-state index in [1.165, 1.54) is 5.56 Å². The van der Waals surface area contributed by atoms with Crippen LogP contribution in [0.25, 0.3) is 0 Å². The summed E-state index contributed by atoms with van der Waals surface area (Å²) in [5, 5.41) is 2.78. The van der Waals surface area contributed by atoms with E-state index in [0.29, 0.717) is 19.4 Å². The second kappa shape index (κ2) is 5.87. The Morgan fingerprint density at radius 3 is 2.79 bits per heavy atom. The topological polar surface area (TPSA) is 49.4 Å². The number of nitrogens with one attached hydrogen (secondary N) is 1. The number of hydrogen-bond donors (Lipinski definition) is 1. The van der Waals surface area contributed by atoms with E-state index in [-0.39, 0.29) is 11.8 Å². The highest BCUT2D eigenvalue weighted by atomic mass is 16.2. The fourth-order valence-corrected chi connectivity index (χ4v) is 2.32. The highest BCUT2D eigenvalue weighted by Crippen LogP contribution is 2.20. The van der Waals surface area contributed by atoms with Crippen LogP contribution in [0.3, 0.4) is 0 Å². The van der Waals surface area contributed by atoms with Gasteiger partial charge in [0.2, 0.25) is 11.8 Å². The average Bonchev–Trinajstić information content (AvgIpc) is 2.58. The van der Waals surface area contributed by atoms with Gasteiger partial charge in [-0.3, -0.25) is 9.59 Å². The van der Waals surface area contributed by atoms with E-state index in [9.17, 15) is 9.59 Å². The van der Waals surface area contributed by atoms with Gasteiger partial charge in [0.1, 0.15) is 6.04 Å². The quantitative estimate of drug-likeness (QED) is 0.902. The van der Waals surface area contributed by atoms with Crippen molar-refractivity contribution >= 4 is 17.5 Å². The first-order valence-corrected chi connectivity index (χ1v) is 6.85. The molecule has 1 atom stereocenters. The highest BCUT2D eigenvalue weighted by Gasteiger charge is 2.29. The van der Waals surface area contributed by atoms with Gasteiger partial charge in [0.25, 0.3) is 0 Å². The molecule has 2 amide bonds. The molecular weight excluding hydrogens is 240 g/mol. The van der Waals surface area contributed by atoms with Crippen LogP contribution in [0.2, 0.25) is 0 Å². The fraction of sp³-hybridized carbons (Fsp3) is 0.467. The normalized spacial score (nSPS) is 20.1. The van der Waals surface area contributed by atoms with E-state index in [1.54, 1.807) is 4.90 Å². The predicted molar refractivity (Wildman–Crippen MR) is 75.0 cm³/mol. The van der Waals surface area contributed by atoms with Crippen LogP contribution in [0.15, 0.2) is 24.3 Å². The molecule has 1 aromatic carbocycles. The third kappa shape index (κ3) is 2.95. The Morgan fingerprint density at radius 2 is 2.11 bits per heavy atom. The van der Waals surface area contributed by atoms with Crippen LogP contribution < -0.4 is 10.2 Å². The minimum Gasteiger partial charge on any atom is -0.344 e. The molecule has 1 aromatic rings. The van der Waals surface area contributed by atoms with Gasteiger partial charge >= 0.3 is 0 Å². The van der Waals surface area contributed by atoms with Gasteiger partial charge in [0.15, 0.2) is 0 Å². The van der Waals surface area contributed by atoms with E-state index in [2.05, 4.69) is 12.2 Å². The number of aryl methyl sites for hydroxylation is 1. The summed E-state index contributed by atoms with van der Waals surface area (Å²) in [6.45, 7) is 4.45. The molecule has 2 rings (SSSR count). The summed E-state index contributed by atoms with van der Waals surface area (Å²) in [5.74, 6) is -0.0593. The third-order valence-electron chi connectivity index (χ3n) is 3.50. The van der Waals surface area contributed by atoms with E-state index in [4.69, 9.17) is 0 Å². The van der Waals surface area contributed by atoms with Crippen LogP contribution in [-0.2, 0) is 16.0 Å². The summed E-state index contributed by atoms with van der Waals surface area (Å²) in [6, 6.07) is 7.56. The number of hydrogen-bond acceptors (Lipinski definition) is 2. The van der Waals surface area contributed by atoms with Crippen molar-refractivity contribution in [3.63, 3.8) is 0 Å². The summed E-state index contributed by atoms with van der Waals surface area (Å²) in [6.07, 6.45) is 1.91. The standard InChI is InChI=1S/C15H20N2O2/c1-3-11-6-5-7-12(10-11)17-9-8-14(18)16-13(4-2)15(17)19/h5-7,10,13H,3-4,8-9H2,1-2H3,(H,16,18). The Kier molecular flexibility index (Phi) is 4.20. The number of benzene rings is 1. The Hall–Kier alpha value is -1.84. The Balaban J connectivity index is 2.30. The molecule has 1 aliphatic rings. The lowest BCUT2D eigenvalue weighted by Crippen LogP contribution is -2.44. The van der Waals surface area contributed by atoms with Crippen LogP contribution in [0.5, 0.6) is 0 Å². The number of nitrogens with zero attached hydrogens (tertiary/aromatic N) is 1. The van der Waals surface area contributed by atoms with Crippen LogP contribution in [0, 0.1) is 0 Å². The predicted octanol–water partition coefficient (Wildman–Crippen LogP) is 1.88. The molecule has 0 saturated carbocycles. The monoisotopic (exact) mass is 260 g/mol. The van der Waals surface area contributed by atoms with Gasteiger partial charge in [0, 0.05) is 18.7 Å². The van der Waals surface area contributed by atoms with Crippen molar-refractivity contribution in [1.29, 1.82) is 0 Å². The smallest absolute Gasteiger partial charge is 0.249 e. The van der Waals surface area contributed by atoms with Gasteiger partial charge in [-0.1, -0.05) is 26.0 Å². The zero-order valence-corrected chi connectivity index (χ0v) is 11.5. The summed E-state index contributed by atoms with van der Waals surface area (Å²) in [5.41, 5.74) is 2.08. The maximum atomic E-state index is 12.4. The van der Waals surface area contributed by atoms with Crippen LogP contribution in [0.1, 0.15) is 32.3 Å². The first-order valence-electron chi connectivity index (χ1n) is 6.85. The lowest BCUT2D eigenvalue weighted by molar-refractivity contribution is -0.125. The van der Waals surface area contributed by atoms with E-state index >= 15 is 0 Å². The van der Waals surface area contributed by atoms with Gasteiger partial charge < -0.3 is 10.2 Å². The first kappa shape index (κ1) is 13.6.